The van der Waals surface area contributed by atoms with Gasteiger partial charge in [-0.2, -0.15) is 9.97 Å². The number of anilines is 3. The van der Waals surface area contributed by atoms with Crippen molar-refractivity contribution in [3.05, 3.63) is 41.7 Å². The second kappa shape index (κ2) is 8.10. The number of nitrogens with one attached hydrogen (secondary N) is 1. The van der Waals surface area contributed by atoms with Gasteiger partial charge in [-0.3, -0.25) is 0 Å². The summed E-state index contributed by atoms with van der Waals surface area (Å²) in [6, 6.07) is 8.18. The third-order valence-electron chi connectivity index (χ3n) is 4.51. The van der Waals surface area contributed by atoms with E-state index >= 15 is 0 Å². The molecular weight excluding hydrogens is 375 g/mol. The third kappa shape index (κ3) is 5.46. The van der Waals surface area contributed by atoms with E-state index < -0.39 is 5.60 Å². The average molecular weight is 402 g/mol. The second-order valence-corrected chi connectivity index (χ2v) is 8.10. The number of halogens is 1. The van der Waals surface area contributed by atoms with Crippen molar-refractivity contribution in [1.82, 2.24) is 14.9 Å². The summed E-state index contributed by atoms with van der Waals surface area (Å²) in [7, 11) is 1.73. The van der Waals surface area contributed by atoms with Gasteiger partial charge in [0.2, 0.25) is 5.95 Å². The Labute approximate surface area is 169 Å². The van der Waals surface area contributed by atoms with Crippen LogP contribution in [-0.2, 0) is 11.3 Å². The number of aromatic nitrogens is 2. The molecule has 0 bridgehead atoms. The number of nitrogen functional groups attached to an aromatic ring is 1. The Morgan fingerprint density at radius 1 is 1.34 bits per heavy atom. The monoisotopic (exact) mass is 402 g/mol. The van der Waals surface area contributed by atoms with Gasteiger partial charge >= 0.3 is 6.09 Å². The van der Waals surface area contributed by atoms with Gasteiger partial charge in [-0.05, 0) is 38.5 Å². The maximum Gasteiger partial charge on any atom is 0.410 e. The second-order valence-electron chi connectivity index (χ2n) is 8.10. The molecule has 0 saturated carbocycles. The van der Waals surface area contributed by atoms with Crippen LogP contribution >= 0.6 is 0 Å². The van der Waals surface area contributed by atoms with Crippen molar-refractivity contribution in [2.75, 3.05) is 36.1 Å². The number of amides is 1. The molecule has 0 spiro atoms. The summed E-state index contributed by atoms with van der Waals surface area (Å²) >= 11 is 0. The SMILES string of the molecule is CN(C(=O)OC(C)(C)C)C1CN(c2cc(NCc3cccc(F)c3)nc(N)n2)C1. The number of carbonyl (C=O) groups is 1. The molecule has 0 radical (unpaired) electrons. The van der Waals surface area contributed by atoms with E-state index in [0.29, 0.717) is 31.3 Å². The summed E-state index contributed by atoms with van der Waals surface area (Å²) in [6.45, 7) is 7.18. The molecule has 8 nitrogen and oxygen atoms in total. The fourth-order valence-corrected chi connectivity index (χ4v) is 2.92. The fraction of sp³-hybridized carbons (Fsp3) is 0.450. The highest BCUT2D eigenvalue weighted by molar-refractivity contribution is 5.69. The number of carbonyl (C=O) groups excluding carboxylic acids is 1. The minimum Gasteiger partial charge on any atom is -0.444 e. The lowest BCUT2D eigenvalue weighted by Crippen LogP contribution is -2.60. The molecule has 0 atom stereocenters. The molecule has 0 aliphatic carbocycles. The molecule has 1 saturated heterocycles. The molecule has 9 heteroatoms. The smallest absolute Gasteiger partial charge is 0.410 e. The zero-order valence-corrected chi connectivity index (χ0v) is 17.1. The number of ether oxygens (including phenoxy) is 1. The number of likely N-dealkylation sites (N-methyl/N-ethyl adjacent to an activating group) is 1. The molecule has 1 aliphatic rings. The molecule has 0 unspecified atom stereocenters. The van der Waals surface area contributed by atoms with Gasteiger partial charge in [0.05, 0.1) is 6.04 Å². The first-order chi connectivity index (χ1) is 13.6. The number of hydrogen-bond donors (Lipinski definition) is 2. The van der Waals surface area contributed by atoms with Gasteiger partial charge in [-0.1, -0.05) is 12.1 Å². The number of benzene rings is 1. The van der Waals surface area contributed by atoms with Crippen LogP contribution < -0.4 is 16.0 Å². The van der Waals surface area contributed by atoms with Crippen LogP contribution in [0.1, 0.15) is 26.3 Å². The Balaban J connectivity index is 1.59. The predicted octanol–water partition coefficient (Wildman–Crippen LogP) is 2.87. The van der Waals surface area contributed by atoms with Gasteiger partial charge in [0.15, 0.2) is 0 Å². The lowest BCUT2D eigenvalue weighted by atomic mass is 10.1. The lowest BCUT2D eigenvalue weighted by Gasteiger charge is -2.44. The van der Waals surface area contributed by atoms with Gasteiger partial charge in [0, 0.05) is 32.7 Å². The standard InChI is InChI=1S/C20H27FN6O2/c1-20(2,3)29-19(28)26(4)15-11-27(12-15)17-9-16(24-18(22)25-17)23-10-13-6-5-7-14(21)8-13/h5-9,15H,10-12H2,1-4H3,(H3,22,23,24,25). The lowest BCUT2D eigenvalue weighted by molar-refractivity contribution is 0.0196. The van der Waals surface area contributed by atoms with Crippen LogP contribution in [0, 0.1) is 5.82 Å². The molecule has 1 amide bonds. The fourth-order valence-electron chi connectivity index (χ4n) is 2.92. The topological polar surface area (TPSA) is 96.6 Å². The first-order valence-corrected chi connectivity index (χ1v) is 9.44. The van der Waals surface area contributed by atoms with Crippen molar-refractivity contribution in [1.29, 1.82) is 0 Å². The van der Waals surface area contributed by atoms with E-state index in [1.807, 2.05) is 31.7 Å². The van der Waals surface area contributed by atoms with Crippen molar-refractivity contribution in [2.24, 2.45) is 0 Å². The predicted molar refractivity (Wildman–Crippen MR) is 110 cm³/mol. The van der Waals surface area contributed by atoms with E-state index in [4.69, 9.17) is 10.5 Å². The van der Waals surface area contributed by atoms with Gasteiger partial charge in [-0.15, -0.1) is 0 Å². The van der Waals surface area contributed by atoms with Crippen LogP contribution in [0.3, 0.4) is 0 Å². The molecular formula is C20H27FN6O2. The minimum atomic E-state index is -0.530. The number of nitrogens with two attached hydrogens (primary N) is 1. The van der Waals surface area contributed by atoms with E-state index in [1.54, 1.807) is 24.1 Å². The van der Waals surface area contributed by atoms with E-state index in [0.717, 1.165) is 5.56 Å². The molecule has 156 valence electrons. The van der Waals surface area contributed by atoms with Crippen molar-refractivity contribution in [3.63, 3.8) is 0 Å². The molecule has 2 aromatic rings. The Kier molecular flexibility index (Phi) is 5.76. The van der Waals surface area contributed by atoms with Crippen LogP contribution in [0.15, 0.2) is 30.3 Å². The molecule has 29 heavy (non-hydrogen) atoms. The summed E-state index contributed by atoms with van der Waals surface area (Å²) in [5.41, 5.74) is 6.12. The molecule has 2 heterocycles. The largest absolute Gasteiger partial charge is 0.444 e. The van der Waals surface area contributed by atoms with E-state index in [2.05, 4.69) is 15.3 Å². The number of hydrogen-bond acceptors (Lipinski definition) is 7. The van der Waals surface area contributed by atoms with Gasteiger partial charge in [0.1, 0.15) is 23.1 Å². The van der Waals surface area contributed by atoms with Crippen molar-refractivity contribution >= 4 is 23.7 Å². The van der Waals surface area contributed by atoms with Gasteiger partial charge in [-0.25, -0.2) is 9.18 Å². The minimum absolute atomic E-state index is 0.0322. The van der Waals surface area contributed by atoms with Crippen LogP contribution in [-0.4, -0.2) is 52.7 Å². The molecule has 1 aliphatic heterocycles. The van der Waals surface area contributed by atoms with E-state index in [9.17, 15) is 9.18 Å². The zero-order chi connectivity index (χ0) is 21.2. The summed E-state index contributed by atoms with van der Waals surface area (Å²) in [6.07, 6.45) is -0.346. The normalized spacial score (nSPS) is 14.3. The Hall–Kier alpha value is -3.10. The molecule has 3 N–H and O–H groups in total. The molecule has 1 fully saturated rings. The van der Waals surface area contributed by atoms with Crippen LogP contribution in [0.25, 0.3) is 0 Å². The third-order valence-corrected chi connectivity index (χ3v) is 4.51. The maximum atomic E-state index is 13.3. The Bertz CT molecular complexity index is 880. The van der Waals surface area contributed by atoms with Crippen molar-refractivity contribution in [3.8, 4) is 0 Å². The van der Waals surface area contributed by atoms with Crippen LogP contribution in [0.5, 0.6) is 0 Å². The first-order valence-electron chi connectivity index (χ1n) is 9.44. The molecule has 3 rings (SSSR count). The van der Waals surface area contributed by atoms with Crippen LogP contribution in [0.2, 0.25) is 0 Å². The van der Waals surface area contributed by atoms with Crippen molar-refractivity contribution in [2.45, 2.75) is 39.0 Å². The number of nitrogens with zero attached hydrogens (tertiary/aromatic N) is 4. The van der Waals surface area contributed by atoms with Gasteiger partial charge in [0.25, 0.3) is 0 Å². The quantitative estimate of drug-likeness (QED) is 0.794. The first kappa shape index (κ1) is 20.6. The van der Waals surface area contributed by atoms with E-state index in [-0.39, 0.29) is 23.9 Å². The number of rotatable bonds is 5. The summed E-state index contributed by atoms with van der Waals surface area (Å²) < 4.78 is 18.7. The summed E-state index contributed by atoms with van der Waals surface area (Å²) in [5.74, 6) is 1.09. The highest BCUT2D eigenvalue weighted by Gasteiger charge is 2.35. The Morgan fingerprint density at radius 3 is 2.72 bits per heavy atom. The highest BCUT2D eigenvalue weighted by Crippen LogP contribution is 2.25. The molecule has 1 aromatic carbocycles. The summed E-state index contributed by atoms with van der Waals surface area (Å²) in [5, 5.41) is 3.14. The van der Waals surface area contributed by atoms with Crippen molar-refractivity contribution < 1.29 is 13.9 Å². The maximum absolute atomic E-state index is 13.3. The summed E-state index contributed by atoms with van der Waals surface area (Å²) in [4.78, 5) is 24.3. The Morgan fingerprint density at radius 2 is 2.07 bits per heavy atom. The van der Waals surface area contributed by atoms with E-state index in [1.165, 1.54) is 12.1 Å². The van der Waals surface area contributed by atoms with Crippen LogP contribution in [0.4, 0.5) is 26.8 Å². The zero-order valence-electron chi connectivity index (χ0n) is 17.1. The highest BCUT2D eigenvalue weighted by atomic mass is 19.1. The molecule has 1 aromatic heterocycles. The average Bonchev–Trinajstić information content (AvgIpc) is 2.57. The van der Waals surface area contributed by atoms with Gasteiger partial charge < -0.3 is 25.6 Å².